The number of aliphatic hydroxyl groups is 1. The lowest BCUT2D eigenvalue weighted by molar-refractivity contribution is 0.174. The normalized spacial score (nSPS) is 12.0. The predicted octanol–water partition coefficient (Wildman–Crippen LogP) is 5.95. The molecule has 4 heteroatoms. The van der Waals surface area contributed by atoms with E-state index in [0.717, 1.165) is 33.0 Å². The summed E-state index contributed by atoms with van der Waals surface area (Å²) in [5.74, 6) is 0.0629. The van der Waals surface area contributed by atoms with Crippen molar-refractivity contribution in [3.05, 3.63) is 115 Å². The minimum absolute atomic E-state index is 0.0629. The van der Waals surface area contributed by atoms with Crippen LogP contribution in [-0.2, 0) is 6.42 Å². The number of rotatable bonds is 5. The van der Waals surface area contributed by atoms with Gasteiger partial charge in [0.15, 0.2) is 0 Å². The first-order valence-electron chi connectivity index (χ1n) is 10.5. The third-order valence-corrected chi connectivity index (χ3v) is 5.64. The highest BCUT2D eigenvalue weighted by Gasteiger charge is 2.18. The monoisotopic (exact) mass is 418 g/mol. The standard InChI is InChI=1S/C28H22N2O2/c31-23-15-25(28(30-17-23)27(32)13-19-7-2-1-3-8-19)20-10-6-11-21(14-20)26-18-29-16-22-9-4-5-12-24(22)26/h1-12,14-18,27,31-32H,13H2. The van der Waals surface area contributed by atoms with Gasteiger partial charge in [-0.15, -0.1) is 0 Å². The van der Waals surface area contributed by atoms with Crippen LogP contribution in [0.15, 0.2) is 104 Å². The van der Waals surface area contributed by atoms with Crippen LogP contribution >= 0.6 is 0 Å². The molecule has 0 radical (unpaired) electrons. The Kier molecular flexibility index (Phi) is 5.36. The van der Waals surface area contributed by atoms with Crippen molar-refractivity contribution >= 4 is 10.8 Å². The molecule has 2 aromatic heterocycles. The summed E-state index contributed by atoms with van der Waals surface area (Å²) in [6.07, 6.45) is 4.76. The van der Waals surface area contributed by atoms with E-state index in [1.807, 2.05) is 79.1 Å². The van der Waals surface area contributed by atoms with Crippen LogP contribution in [0.2, 0.25) is 0 Å². The van der Waals surface area contributed by atoms with Gasteiger partial charge in [0.25, 0.3) is 0 Å². The fourth-order valence-electron chi connectivity index (χ4n) is 4.10. The molecule has 0 saturated heterocycles. The van der Waals surface area contributed by atoms with Gasteiger partial charge >= 0.3 is 0 Å². The van der Waals surface area contributed by atoms with Crippen molar-refractivity contribution in [1.29, 1.82) is 0 Å². The summed E-state index contributed by atoms with van der Waals surface area (Å²) < 4.78 is 0. The van der Waals surface area contributed by atoms with E-state index in [9.17, 15) is 10.2 Å². The van der Waals surface area contributed by atoms with Gasteiger partial charge in [0, 0.05) is 35.3 Å². The molecule has 0 saturated carbocycles. The quantitative estimate of drug-likeness (QED) is 0.370. The summed E-state index contributed by atoms with van der Waals surface area (Å²) >= 11 is 0. The van der Waals surface area contributed by atoms with Gasteiger partial charge < -0.3 is 10.2 Å². The molecule has 4 nitrogen and oxygen atoms in total. The molecule has 156 valence electrons. The number of aromatic hydroxyl groups is 1. The first-order chi connectivity index (χ1) is 15.7. The van der Waals surface area contributed by atoms with Gasteiger partial charge in [-0.3, -0.25) is 9.97 Å². The molecule has 1 unspecified atom stereocenters. The molecule has 5 aromatic rings. The fraction of sp³-hybridized carbons (Fsp3) is 0.0714. The second-order valence-electron chi connectivity index (χ2n) is 7.82. The lowest BCUT2D eigenvalue weighted by Crippen LogP contribution is -2.06. The van der Waals surface area contributed by atoms with E-state index < -0.39 is 6.10 Å². The van der Waals surface area contributed by atoms with Crippen LogP contribution in [0, 0.1) is 0 Å². The van der Waals surface area contributed by atoms with Crippen LogP contribution in [0.3, 0.4) is 0 Å². The Morgan fingerprint density at radius 1 is 0.719 bits per heavy atom. The van der Waals surface area contributed by atoms with Crippen molar-refractivity contribution < 1.29 is 10.2 Å². The summed E-state index contributed by atoms with van der Waals surface area (Å²) in [6, 6.07) is 27.7. The Bertz CT molecular complexity index is 1380. The second kappa shape index (κ2) is 8.61. The van der Waals surface area contributed by atoms with Crippen molar-refractivity contribution in [1.82, 2.24) is 9.97 Å². The summed E-state index contributed by atoms with van der Waals surface area (Å²) in [5, 5.41) is 23.3. The van der Waals surface area contributed by atoms with Crippen molar-refractivity contribution in [2.75, 3.05) is 0 Å². The van der Waals surface area contributed by atoms with Crippen molar-refractivity contribution in [3.8, 4) is 28.0 Å². The van der Waals surface area contributed by atoms with Crippen LogP contribution < -0.4 is 0 Å². The minimum Gasteiger partial charge on any atom is -0.506 e. The first-order valence-corrected chi connectivity index (χ1v) is 10.5. The Morgan fingerprint density at radius 3 is 2.31 bits per heavy atom. The predicted molar refractivity (Wildman–Crippen MR) is 127 cm³/mol. The van der Waals surface area contributed by atoms with Gasteiger partial charge in [-0.25, -0.2) is 0 Å². The van der Waals surface area contributed by atoms with E-state index in [0.29, 0.717) is 17.7 Å². The maximum atomic E-state index is 11.0. The van der Waals surface area contributed by atoms with E-state index in [-0.39, 0.29) is 5.75 Å². The molecule has 0 amide bonds. The average Bonchev–Trinajstić information content (AvgIpc) is 2.84. The molecule has 0 bridgehead atoms. The maximum absolute atomic E-state index is 11.0. The number of benzene rings is 3. The van der Waals surface area contributed by atoms with Crippen molar-refractivity contribution in [3.63, 3.8) is 0 Å². The maximum Gasteiger partial charge on any atom is 0.134 e. The highest BCUT2D eigenvalue weighted by atomic mass is 16.3. The van der Waals surface area contributed by atoms with Crippen LogP contribution in [-0.4, -0.2) is 20.2 Å². The van der Waals surface area contributed by atoms with Gasteiger partial charge in [-0.1, -0.05) is 72.8 Å². The number of hydrogen-bond acceptors (Lipinski definition) is 4. The third-order valence-electron chi connectivity index (χ3n) is 5.64. The van der Waals surface area contributed by atoms with Crippen LogP contribution in [0.1, 0.15) is 17.4 Å². The molecule has 5 rings (SSSR count). The number of hydrogen-bond donors (Lipinski definition) is 2. The Hall–Kier alpha value is -4.02. The van der Waals surface area contributed by atoms with Crippen LogP contribution in [0.4, 0.5) is 0 Å². The Morgan fingerprint density at radius 2 is 1.47 bits per heavy atom. The molecule has 0 fully saturated rings. The van der Waals surface area contributed by atoms with E-state index >= 15 is 0 Å². The molecule has 2 heterocycles. The van der Waals surface area contributed by atoms with Crippen LogP contribution in [0.5, 0.6) is 5.75 Å². The van der Waals surface area contributed by atoms with Gasteiger partial charge in [0.2, 0.25) is 0 Å². The molecule has 3 aromatic carbocycles. The van der Waals surface area contributed by atoms with Crippen molar-refractivity contribution in [2.24, 2.45) is 0 Å². The Labute approximate surface area is 186 Å². The second-order valence-corrected chi connectivity index (χ2v) is 7.82. The molecule has 1 atom stereocenters. The number of aromatic nitrogens is 2. The zero-order valence-corrected chi connectivity index (χ0v) is 17.4. The lowest BCUT2D eigenvalue weighted by Gasteiger charge is -2.16. The molecule has 2 N–H and O–H groups in total. The molecule has 0 aliphatic rings. The van der Waals surface area contributed by atoms with E-state index in [4.69, 9.17) is 0 Å². The molecular weight excluding hydrogens is 396 g/mol. The molecule has 0 spiro atoms. The average molecular weight is 418 g/mol. The van der Waals surface area contributed by atoms with E-state index in [1.54, 1.807) is 6.07 Å². The van der Waals surface area contributed by atoms with Gasteiger partial charge in [0.05, 0.1) is 11.9 Å². The van der Waals surface area contributed by atoms with E-state index in [2.05, 4.69) is 22.1 Å². The van der Waals surface area contributed by atoms with Crippen molar-refractivity contribution in [2.45, 2.75) is 12.5 Å². The molecule has 0 aliphatic heterocycles. The zero-order chi connectivity index (χ0) is 21.9. The largest absolute Gasteiger partial charge is 0.506 e. The van der Waals surface area contributed by atoms with E-state index in [1.165, 1.54) is 6.20 Å². The zero-order valence-electron chi connectivity index (χ0n) is 17.4. The topological polar surface area (TPSA) is 66.2 Å². The van der Waals surface area contributed by atoms with Gasteiger partial charge in [0.1, 0.15) is 11.9 Å². The highest BCUT2D eigenvalue weighted by molar-refractivity contribution is 5.96. The smallest absolute Gasteiger partial charge is 0.134 e. The number of nitrogens with zero attached hydrogens (tertiary/aromatic N) is 2. The minimum atomic E-state index is -0.795. The number of pyridine rings is 2. The lowest BCUT2D eigenvalue weighted by atomic mass is 9.94. The summed E-state index contributed by atoms with van der Waals surface area (Å²) in [6.45, 7) is 0. The fourth-order valence-corrected chi connectivity index (χ4v) is 4.10. The van der Waals surface area contributed by atoms with Crippen LogP contribution in [0.25, 0.3) is 33.0 Å². The third kappa shape index (κ3) is 3.96. The number of fused-ring (bicyclic) bond motifs is 1. The highest BCUT2D eigenvalue weighted by Crippen LogP contribution is 2.35. The summed E-state index contributed by atoms with van der Waals surface area (Å²) in [7, 11) is 0. The first kappa shape index (κ1) is 19.9. The molecule has 0 aliphatic carbocycles. The summed E-state index contributed by atoms with van der Waals surface area (Å²) in [4.78, 5) is 8.80. The molecule has 32 heavy (non-hydrogen) atoms. The molecular formula is C28H22N2O2. The SMILES string of the molecule is Oc1cnc(C(O)Cc2ccccc2)c(-c2cccc(-c3cncc4ccccc34)c2)c1. The van der Waals surface area contributed by atoms with Gasteiger partial charge in [-0.05, 0) is 34.2 Å². The van der Waals surface area contributed by atoms with Gasteiger partial charge in [-0.2, -0.15) is 0 Å². The summed E-state index contributed by atoms with van der Waals surface area (Å²) in [5.41, 5.74) is 5.20. The Balaban J connectivity index is 1.58. The number of aliphatic hydroxyl groups excluding tert-OH is 1.